The molecule has 0 aliphatic heterocycles. The highest BCUT2D eigenvalue weighted by Crippen LogP contribution is 2.45. The Kier molecular flexibility index (Phi) is 3.97. The molecule has 2 unspecified atom stereocenters. The van der Waals surface area contributed by atoms with E-state index in [9.17, 15) is 5.11 Å². The lowest BCUT2D eigenvalue weighted by Crippen LogP contribution is -2.45. The number of rotatable bonds is 2. The lowest BCUT2D eigenvalue weighted by molar-refractivity contribution is -0.0623. The van der Waals surface area contributed by atoms with Crippen LogP contribution in [0.4, 0.5) is 0 Å². The second kappa shape index (κ2) is 5.14. The molecule has 0 saturated heterocycles. The molecule has 2 aliphatic carbocycles. The monoisotopic (exact) mass is 236 g/mol. The molecule has 1 heteroatoms. The van der Waals surface area contributed by atoms with E-state index < -0.39 is 5.60 Å². The van der Waals surface area contributed by atoms with E-state index in [1.54, 1.807) is 0 Å². The van der Waals surface area contributed by atoms with Gasteiger partial charge < -0.3 is 5.11 Å². The predicted octanol–water partition coefficient (Wildman–Crippen LogP) is 4.31. The van der Waals surface area contributed by atoms with E-state index in [4.69, 9.17) is 0 Å². The summed E-state index contributed by atoms with van der Waals surface area (Å²) in [5.74, 6) is 1.79. The molecule has 1 fully saturated rings. The molecule has 2 rings (SSSR count). The van der Waals surface area contributed by atoms with Gasteiger partial charge in [0.15, 0.2) is 0 Å². The van der Waals surface area contributed by atoms with Crippen LogP contribution < -0.4 is 0 Å². The Morgan fingerprint density at radius 2 is 1.88 bits per heavy atom. The number of aliphatic hydroxyl groups is 1. The lowest BCUT2D eigenvalue weighted by atomic mass is 9.64. The zero-order chi connectivity index (χ0) is 12.5. The van der Waals surface area contributed by atoms with Crippen molar-refractivity contribution in [2.75, 3.05) is 0 Å². The largest absolute Gasteiger partial charge is 0.389 e. The fourth-order valence-electron chi connectivity index (χ4n) is 3.89. The minimum Gasteiger partial charge on any atom is -0.389 e. The van der Waals surface area contributed by atoms with Crippen LogP contribution in [0.15, 0.2) is 11.6 Å². The first-order chi connectivity index (χ1) is 8.03. The fraction of sp³-hybridized carbons (Fsp3) is 0.875. The molecule has 0 bridgehead atoms. The van der Waals surface area contributed by atoms with E-state index in [-0.39, 0.29) is 0 Å². The molecule has 98 valence electrons. The van der Waals surface area contributed by atoms with E-state index in [0.29, 0.717) is 17.8 Å². The van der Waals surface area contributed by atoms with Gasteiger partial charge in [-0.2, -0.15) is 0 Å². The smallest absolute Gasteiger partial charge is 0.0712 e. The molecule has 0 heterocycles. The molecular formula is C16H28O. The van der Waals surface area contributed by atoms with Crippen LogP contribution in [0.2, 0.25) is 0 Å². The molecule has 0 spiro atoms. The molecule has 0 aromatic carbocycles. The van der Waals surface area contributed by atoms with Crippen LogP contribution in [-0.2, 0) is 0 Å². The maximum atomic E-state index is 11.0. The third-order valence-corrected chi connectivity index (χ3v) is 4.99. The molecule has 0 aromatic rings. The second-order valence-electron chi connectivity index (χ2n) is 6.65. The van der Waals surface area contributed by atoms with Crippen molar-refractivity contribution in [2.24, 2.45) is 17.8 Å². The predicted molar refractivity (Wildman–Crippen MR) is 72.8 cm³/mol. The first-order valence-electron chi connectivity index (χ1n) is 7.42. The number of hydrogen-bond donors (Lipinski definition) is 1. The van der Waals surface area contributed by atoms with Crippen molar-refractivity contribution >= 4 is 0 Å². The van der Waals surface area contributed by atoms with Crippen LogP contribution in [0.1, 0.15) is 65.7 Å². The molecule has 2 aliphatic rings. The molecule has 1 nitrogen and oxygen atoms in total. The Bertz CT molecular complexity index is 284. The maximum absolute atomic E-state index is 11.0. The zero-order valence-electron chi connectivity index (χ0n) is 11.7. The molecular weight excluding hydrogens is 208 g/mol. The molecule has 0 aromatic heterocycles. The van der Waals surface area contributed by atoms with E-state index in [1.807, 2.05) is 0 Å². The van der Waals surface area contributed by atoms with Crippen molar-refractivity contribution < 1.29 is 5.11 Å². The summed E-state index contributed by atoms with van der Waals surface area (Å²) in [6.45, 7) is 6.87. The fourth-order valence-corrected chi connectivity index (χ4v) is 3.89. The minimum absolute atomic E-state index is 0.394. The second-order valence-corrected chi connectivity index (χ2v) is 6.65. The van der Waals surface area contributed by atoms with Crippen molar-refractivity contribution in [2.45, 2.75) is 71.3 Å². The van der Waals surface area contributed by atoms with E-state index >= 15 is 0 Å². The highest BCUT2D eigenvalue weighted by atomic mass is 16.3. The summed E-state index contributed by atoms with van der Waals surface area (Å²) in [7, 11) is 0. The highest BCUT2D eigenvalue weighted by Gasteiger charge is 2.42. The van der Waals surface area contributed by atoms with Crippen molar-refractivity contribution in [1.29, 1.82) is 0 Å². The van der Waals surface area contributed by atoms with Gasteiger partial charge >= 0.3 is 0 Å². The average Bonchev–Trinajstić information content (AvgIpc) is 2.29. The van der Waals surface area contributed by atoms with Crippen molar-refractivity contribution in [3.05, 3.63) is 11.6 Å². The van der Waals surface area contributed by atoms with Crippen LogP contribution in [0.25, 0.3) is 0 Å². The quantitative estimate of drug-likeness (QED) is 0.708. The first kappa shape index (κ1) is 13.1. The molecule has 2 atom stereocenters. The summed E-state index contributed by atoms with van der Waals surface area (Å²) in [6, 6.07) is 0. The molecule has 1 N–H and O–H groups in total. The van der Waals surface area contributed by atoms with Gasteiger partial charge in [-0.05, 0) is 44.4 Å². The molecule has 17 heavy (non-hydrogen) atoms. The Morgan fingerprint density at radius 3 is 2.47 bits per heavy atom. The molecule has 0 amide bonds. The van der Waals surface area contributed by atoms with Gasteiger partial charge in [0.25, 0.3) is 0 Å². The van der Waals surface area contributed by atoms with Gasteiger partial charge in [0, 0.05) is 5.92 Å². The summed E-state index contributed by atoms with van der Waals surface area (Å²) in [5.41, 5.74) is 1.10. The molecule has 0 radical (unpaired) electrons. The Labute approximate surface area is 106 Å². The Balaban J connectivity index is 2.21. The normalized spacial score (nSPS) is 33.6. The summed E-state index contributed by atoms with van der Waals surface area (Å²) in [6.07, 6.45) is 10.7. The molecule has 1 saturated carbocycles. The third kappa shape index (κ3) is 2.76. The number of hydrogen-bond acceptors (Lipinski definition) is 1. The maximum Gasteiger partial charge on any atom is 0.0712 e. The average molecular weight is 236 g/mol. The van der Waals surface area contributed by atoms with Gasteiger partial charge in [-0.1, -0.05) is 44.8 Å². The van der Waals surface area contributed by atoms with Crippen LogP contribution in [0, 0.1) is 17.8 Å². The van der Waals surface area contributed by atoms with Crippen LogP contribution >= 0.6 is 0 Å². The van der Waals surface area contributed by atoms with E-state index in [1.165, 1.54) is 37.7 Å². The minimum atomic E-state index is -0.394. The first-order valence-corrected chi connectivity index (χ1v) is 7.42. The van der Waals surface area contributed by atoms with Crippen molar-refractivity contribution in [3.8, 4) is 0 Å². The van der Waals surface area contributed by atoms with E-state index in [0.717, 1.165) is 12.8 Å². The van der Waals surface area contributed by atoms with Crippen LogP contribution in [0.3, 0.4) is 0 Å². The third-order valence-electron chi connectivity index (χ3n) is 4.99. The van der Waals surface area contributed by atoms with Gasteiger partial charge in [-0.15, -0.1) is 0 Å². The SMILES string of the molecule is CC1=CC(C2(O)CCCCC2)C(C(C)C)CC1. The van der Waals surface area contributed by atoms with Gasteiger partial charge in [0.2, 0.25) is 0 Å². The Hall–Kier alpha value is -0.300. The number of allylic oxidation sites excluding steroid dienone is 1. The van der Waals surface area contributed by atoms with Crippen molar-refractivity contribution in [3.63, 3.8) is 0 Å². The van der Waals surface area contributed by atoms with Gasteiger partial charge in [0.05, 0.1) is 5.60 Å². The summed E-state index contributed by atoms with van der Waals surface area (Å²) in [4.78, 5) is 0. The summed E-state index contributed by atoms with van der Waals surface area (Å²) in [5, 5.41) is 11.0. The van der Waals surface area contributed by atoms with Crippen LogP contribution in [-0.4, -0.2) is 10.7 Å². The lowest BCUT2D eigenvalue weighted by Gasteiger charge is -2.45. The summed E-state index contributed by atoms with van der Waals surface area (Å²) < 4.78 is 0. The van der Waals surface area contributed by atoms with Gasteiger partial charge in [-0.3, -0.25) is 0 Å². The summed E-state index contributed by atoms with van der Waals surface area (Å²) >= 11 is 0. The van der Waals surface area contributed by atoms with Crippen LogP contribution in [0.5, 0.6) is 0 Å². The van der Waals surface area contributed by atoms with E-state index in [2.05, 4.69) is 26.8 Å². The highest BCUT2D eigenvalue weighted by molar-refractivity contribution is 5.13. The zero-order valence-corrected chi connectivity index (χ0v) is 11.7. The Morgan fingerprint density at radius 1 is 1.24 bits per heavy atom. The van der Waals surface area contributed by atoms with Gasteiger partial charge in [-0.25, -0.2) is 0 Å². The van der Waals surface area contributed by atoms with Gasteiger partial charge in [0.1, 0.15) is 0 Å². The van der Waals surface area contributed by atoms with Crippen molar-refractivity contribution in [1.82, 2.24) is 0 Å². The topological polar surface area (TPSA) is 20.2 Å². The standard InChI is InChI=1S/C16H28O/c1-12(2)14-8-7-13(3)11-15(14)16(17)9-5-4-6-10-16/h11-12,14-15,17H,4-10H2,1-3H3.